The lowest BCUT2D eigenvalue weighted by molar-refractivity contribution is 0.0596. The molecule has 132 valence electrons. The number of aromatic hydroxyl groups is 1. The standard InChI is InChI=1S/C23H22O3/c1-15-14-19(24)21(23(25)26-3)16(2)20(15)22(17-10-6-4-7-11-17)18-12-8-5-9-13-18/h4-14,22,24H,1-3H3. The molecule has 0 amide bonds. The van der Waals surface area contributed by atoms with Crippen LogP contribution in [0.25, 0.3) is 0 Å². The minimum absolute atomic E-state index is 0.0404. The van der Waals surface area contributed by atoms with Crippen LogP contribution in [0.2, 0.25) is 0 Å². The summed E-state index contributed by atoms with van der Waals surface area (Å²) in [6.45, 7) is 3.83. The van der Waals surface area contributed by atoms with Crippen molar-refractivity contribution in [3.8, 4) is 5.75 Å². The van der Waals surface area contributed by atoms with Crippen molar-refractivity contribution in [3.05, 3.63) is 100 Å². The van der Waals surface area contributed by atoms with E-state index in [0.29, 0.717) is 0 Å². The Morgan fingerprint density at radius 1 is 0.923 bits per heavy atom. The van der Waals surface area contributed by atoms with Gasteiger partial charge in [-0.05, 0) is 47.7 Å². The molecule has 0 aliphatic rings. The quantitative estimate of drug-likeness (QED) is 0.535. The highest BCUT2D eigenvalue weighted by molar-refractivity contribution is 5.94. The van der Waals surface area contributed by atoms with Crippen molar-refractivity contribution in [3.63, 3.8) is 0 Å². The molecule has 0 spiro atoms. The Morgan fingerprint density at radius 2 is 1.42 bits per heavy atom. The number of methoxy groups -OCH3 is 1. The molecule has 3 nitrogen and oxygen atoms in total. The maximum atomic E-state index is 12.2. The molecule has 0 unspecified atom stereocenters. The second-order valence-electron chi connectivity index (χ2n) is 6.37. The largest absolute Gasteiger partial charge is 0.507 e. The molecular formula is C23H22O3. The van der Waals surface area contributed by atoms with Gasteiger partial charge in [-0.2, -0.15) is 0 Å². The van der Waals surface area contributed by atoms with Crippen LogP contribution in [-0.4, -0.2) is 18.2 Å². The third kappa shape index (κ3) is 3.21. The number of carbonyl (C=O) groups is 1. The SMILES string of the molecule is COC(=O)c1c(O)cc(C)c(C(c2ccccc2)c2ccccc2)c1C. The minimum atomic E-state index is -0.527. The maximum absolute atomic E-state index is 12.2. The number of benzene rings is 3. The first-order chi connectivity index (χ1) is 12.5. The molecule has 0 aromatic heterocycles. The van der Waals surface area contributed by atoms with Crippen molar-refractivity contribution < 1.29 is 14.6 Å². The summed E-state index contributed by atoms with van der Waals surface area (Å²) in [7, 11) is 1.33. The van der Waals surface area contributed by atoms with Crippen molar-refractivity contribution in [2.45, 2.75) is 19.8 Å². The highest BCUT2D eigenvalue weighted by atomic mass is 16.5. The van der Waals surface area contributed by atoms with Crippen molar-refractivity contribution in [2.75, 3.05) is 7.11 Å². The topological polar surface area (TPSA) is 46.5 Å². The molecule has 3 heteroatoms. The van der Waals surface area contributed by atoms with Gasteiger partial charge < -0.3 is 9.84 Å². The molecule has 0 saturated heterocycles. The summed E-state index contributed by atoms with van der Waals surface area (Å²) in [5.74, 6) is -0.613. The van der Waals surface area contributed by atoms with Gasteiger partial charge in [-0.15, -0.1) is 0 Å². The van der Waals surface area contributed by atoms with E-state index in [-0.39, 0.29) is 17.2 Å². The zero-order valence-corrected chi connectivity index (χ0v) is 15.2. The number of carbonyl (C=O) groups excluding carboxylic acids is 1. The zero-order valence-electron chi connectivity index (χ0n) is 15.2. The molecule has 0 radical (unpaired) electrons. The molecule has 3 rings (SSSR count). The minimum Gasteiger partial charge on any atom is -0.507 e. The Labute approximate surface area is 153 Å². The lowest BCUT2D eigenvalue weighted by atomic mass is 9.79. The average Bonchev–Trinajstić information content (AvgIpc) is 2.66. The Balaban J connectivity index is 2.31. The van der Waals surface area contributed by atoms with Gasteiger partial charge in [0.25, 0.3) is 0 Å². The van der Waals surface area contributed by atoms with Gasteiger partial charge >= 0.3 is 5.97 Å². The third-order valence-electron chi connectivity index (χ3n) is 4.76. The molecule has 1 N–H and O–H groups in total. The normalized spacial score (nSPS) is 10.8. The summed E-state index contributed by atoms with van der Waals surface area (Å²) in [6, 6.07) is 22.0. The molecule has 0 bridgehead atoms. The van der Waals surface area contributed by atoms with Crippen molar-refractivity contribution in [1.82, 2.24) is 0 Å². The van der Waals surface area contributed by atoms with E-state index in [1.165, 1.54) is 7.11 Å². The van der Waals surface area contributed by atoms with E-state index in [9.17, 15) is 9.90 Å². The highest BCUT2D eigenvalue weighted by Crippen LogP contribution is 2.39. The fourth-order valence-electron chi connectivity index (χ4n) is 3.60. The van der Waals surface area contributed by atoms with Crippen LogP contribution in [0.4, 0.5) is 0 Å². The van der Waals surface area contributed by atoms with Gasteiger partial charge in [0.1, 0.15) is 11.3 Å². The highest BCUT2D eigenvalue weighted by Gasteiger charge is 2.26. The fourth-order valence-corrected chi connectivity index (χ4v) is 3.60. The molecule has 26 heavy (non-hydrogen) atoms. The van der Waals surface area contributed by atoms with E-state index >= 15 is 0 Å². The number of ether oxygens (including phenoxy) is 1. The van der Waals surface area contributed by atoms with E-state index in [2.05, 4.69) is 24.3 Å². The van der Waals surface area contributed by atoms with E-state index in [0.717, 1.165) is 27.8 Å². The van der Waals surface area contributed by atoms with Gasteiger partial charge in [0, 0.05) is 5.92 Å². The van der Waals surface area contributed by atoms with E-state index in [1.807, 2.05) is 50.2 Å². The number of esters is 1. The molecule has 0 fully saturated rings. The maximum Gasteiger partial charge on any atom is 0.341 e. The first-order valence-corrected chi connectivity index (χ1v) is 8.55. The molecule has 3 aromatic carbocycles. The predicted octanol–water partition coefficient (Wildman–Crippen LogP) is 4.98. The van der Waals surface area contributed by atoms with Crippen LogP contribution >= 0.6 is 0 Å². The lowest BCUT2D eigenvalue weighted by Gasteiger charge is -2.24. The lowest BCUT2D eigenvalue weighted by Crippen LogP contribution is -2.12. The molecule has 0 heterocycles. The molecule has 0 saturated carbocycles. The number of hydrogen-bond acceptors (Lipinski definition) is 3. The Morgan fingerprint density at radius 3 is 1.88 bits per heavy atom. The van der Waals surface area contributed by atoms with Gasteiger partial charge in [-0.1, -0.05) is 60.7 Å². The van der Waals surface area contributed by atoms with E-state index in [1.54, 1.807) is 6.07 Å². The van der Waals surface area contributed by atoms with Crippen LogP contribution in [0.15, 0.2) is 66.7 Å². The average molecular weight is 346 g/mol. The molecule has 3 aromatic rings. The van der Waals surface area contributed by atoms with Gasteiger partial charge in [0.05, 0.1) is 7.11 Å². The van der Waals surface area contributed by atoms with Crippen molar-refractivity contribution in [2.24, 2.45) is 0 Å². The van der Waals surface area contributed by atoms with Crippen LogP contribution in [0.5, 0.6) is 5.75 Å². The summed E-state index contributed by atoms with van der Waals surface area (Å²) in [6.07, 6.45) is 0. The third-order valence-corrected chi connectivity index (χ3v) is 4.76. The van der Waals surface area contributed by atoms with Gasteiger partial charge in [-0.3, -0.25) is 0 Å². The molecule has 0 aliphatic heterocycles. The Hall–Kier alpha value is -3.07. The smallest absolute Gasteiger partial charge is 0.341 e. The monoisotopic (exact) mass is 346 g/mol. The molecular weight excluding hydrogens is 324 g/mol. The van der Waals surface area contributed by atoms with Crippen LogP contribution < -0.4 is 0 Å². The fraction of sp³-hybridized carbons (Fsp3) is 0.174. The second kappa shape index (κ2) is 7.44. The summed E-state index contributed by atoms with van der Waals surface area (Å²) < 4.78 is 4.89. The molecule has 0 atom stereocenters. The Kier molecular flexibility index (Phi) is 5.08. The second-order valence-corrected chi connectivity index (χ2v) is 6.37. The zero-order chi connectivity index (χ0) is 18.7. The Bertz CT molecular complexity index is 876. The number of aryl methyl sites for hydroxylation is 1. The summed E-state index contributed by atoms with van der Waals surface area (Å²) >= 11 is 0. The van der Waals surface area contributed by atoms with Gasteiger partial charge in [0.2, 0.25) is 0 Å². The summed E-state index contributed by atoms with van der Waals surface area (Å²) in [5.41, 5.74) is 5.18. The first-order valence-electron chi connectivity index (χ1n) is 8.55. The van der Waals surface area contributed by atoms with Crippen molar-refractivity contribution >= 4 is 5.97 Å². The number of phenolic OH excluding ortho intramolecular Hbond substituents is 1. The first kappa shape index (κ1) is 17.7. The predicted molar refractivity (Wildman–Crippen MR) is 103 cm³/mol. The van der Waals surface area contributed by atoms with E-state index < -0.39 is 5.97 Å². The van der Waals surface area contributed by atoms with Crippen LogP contribution in [0.3, 0.4) is 0 Å². The number of rotatable bonds is 4. The van der Waals surface area contributed by atoms with E-state index in [4.69, 9.17) is 4.74 Å². The molecule has 0 aliphatic carbocycles. The summed E-state index contributed by atoms with van der Waals surface area (Å²) in [4.78, 5) is 12.2. The van der Waals surface area contributed by atoms with Crippen LogP contribution in [0.1, 0.15) is 44.1 Å². The van der Waals surface area contributed by atoms with Crippen LogP contribution in [-0.2, 0) is 4.74 Å². The summed E-state index contributed by atoms with van der Waals surface area (Å²) in [5, 5.41) is 10.3. The van der Waals surface area contributed by atoms with Crippen molar-refractivity contribution in [1.29, 1.82) is 0 Å². The number of phenols is 1. The number of hydrogen-bond donors (Lipinski definition) is 1. The van der Waals surface area contributed by atoms with Gasteiger partial charge in [-0.25, -0.2) is 4.79 Å². The van der Waals surface area contributed by atoms with Gasteiger partial charge in [0.15, 0.2) is 0 Å². The van der Waals surface area contributed by atoms with Crippen LogP contribution in [0, 0.1) is 13.8 Å².